The van der Waals surface area contributed by atoms with Gasteiger partial charge in [0.1, 0.15) is 11.6 Å². The van der Waals surface area contributed by atoms with Gasteiger partial charge in [0, 0.05) is 37.1 Å². The van der Waals surface area contributed by atoms with E-state index in [-0.39, 0.29) is 11.8 Å². The van der Waals surface area contributed by atoms with Crippen LogP contribution in [-0.2, 0) is 11.3 Å². The van der Waals surface area contributed by atoms with Crippen LogP contribution in [0.1, 0.15) is 23.7 Å². The van der Waals surface area contributed by atoms with Crippen LogP contribution in [0.2, 0.25) is 5.02 Å². The van der Waals surface area contributed by atoms with E-state index in [0.717, 1.165) is 11.3 Å². The third-order valence-electron chi connectivity index (χ3n) is 7.44. The molecule has 2 aliphatic carbocycles. The van der Waals surface area contributed by atoms with Gasteiger partial charge >= 0.3 is 0 Å². The van der Waals surface area contributed by atoms with Gasteiger partial charge in [0.2, 0.25) is 5.91 Å². The van der Waals surface area contributed by atoms with Gasteiger partial charge in [-0.15, -0.1) is 0 Å². The normalized spacial score (nSPS) is 26.2. The SMILES string of the molecule is CNC(=O)[C@@]12C[C@@H]1C(n1cnc3c(NCc4cc(C)ccn4)nc(-c4cncc(Cl)c4)nc31)[C@H](O)[C@@H]2O. The molecule has 0 bridgehead atoms. The number of aryl methyl sites for hydroxylation is 1. The van der Waals surface area contributed by atoms with E-state index >= 15 is 0 Å². The van der Waals surface area contributed by atoms with Gasteiger partial charge in [0.15, 0.2) is 17.3 Å². The number of hydrogen-bond acceptors (Lipinski definition) is 9. The maximum atomic E-state index is 12.6. The minimum Gasteiger partial charge on any atom is -0.389 e. The van der Waals surface area contributed by atoms with Crippen molar-refractivity contribution in [3.63, 3.8) is 0 Å². The first-order valence-electron chi connectivity index (χ1n) is 11.9. The number of hydrogen-bond donors (Lipinski definition) is 4. The zero-order chi connectivity index (χ0) is 25.9. The van der Waals surface area contributed by atoms with Gasteiger partial charge in [0.25, 0.3) is 0 Å². The molecule has 0 saturated heterocycles. The van der Waals surface area contributed by atoms with Crippen molar-refractivity contribution in [1.29, 1.82) is 0 Å². The first-order valence-corrected chi connectivity index (χ1v) is 12.3. The Morgan fingerprint density at radius 1 is 1.24 bits per heavy atom. The molecule has 2 aliphatic rings. The number of anilines is 1. The van der Waals surface area contributed by atoms with E-state index < -0.39 is 23.7 Å². The molecule has 190 valence electrons. The van der Waals surface area contributed by atoms with Crippen LogP contribution in [0.25, 0.3) is 22.6 Å². The monoisotopic (exact) mass is 520 g/mol. The van der Waals surface area contributed by atoms with Crippen LogP contribution in [0.3, 0.4) is 0 Å². The van der Waals surface area contributed by atoms with E-state index in [1.807, 2.05) is 19.1 Å². The molecule has 5 atom stereocenters. The van der Waals surface area contributed by atoms with Gasteiger partial charge in [0.05, 0.1) is 41.1 Å². The molecule has 0 aliphatic heterocycles. The van der Waals surface area contributed by atoms with Crippen molar-refractivity contribution in [3.05, 3.63) is 59.4 Å². The molecule has 11 nitrogen and oxygen atoms in total. The Bertz CT molecular complexity index is 1530. The third kappa shape index (κ3) is 3.73. The maximum absolute atomic E-state index is 12.6. The summed E-state index contributed by atoms with van der Waals surface area (Å²) in [6, 6.07) is 5.04. The van der Waals surface area contributed by atoms with Gasteiger partial charge in [-0.05, 0) is 37.1 Å². The van der Waals surface area contributed by atoms with Gasteiger partial charge in [-0.25, -0.2) is 15.0 Å². The van der Waals surface area contributed by atoms with E-state index in [1.54, 1.807) is 29.4 Å². The van der Waals surface area contributed by atoms with E-state index in [1.165, 1.54) is 13.2 Å². The number of carbonyl (C=O) groups is 1. The largest absolute Gasteiger partial charge is 0.389 e. The van der Waals surface area contributed by atoms with Crippen LogP contribution in [0.15, 0.2) is 43.1 Å². The number of carbonyl (C=O) groups excluding carboxylic acids is 1. The minimum absolute atomic E-state index is 0.256. The minimum atomic E-state index is -1.19. The highest BCUT2D eigenvalue weighted by atomic mass is 35.5. The van der Waals surface area contributed by atoms with Crippen LogP contribution >= 0.6 is 11.6 Å². The first-order chi connectivity index (χ1) is 17.8. The fourth-order valence-corrected chi connectivity index (χ4v) is 5.75. The molecule has 0 radical (unpaired) electrons. The highest BCUT2D eigenvalue weighted by molar-refractivity contribution is 6.30. The fourth-order valence-electron chi connectivity index (χ4n) is 5.58. The summed E-state index contributed by atoms with van der Waals surface area (Å²) in [5.74, 6) is 0.312. The molecule has 12 heteroatoms. The van der Waals surface area contributed by atoms with Crippen molar-refractivity contribution >= 4 is 34.5 Å². The van der Waals surface area contributed by atoms with Gasteiger partial charge < -0.3 is 25.4 Å². The number of aliphatic hydroxyl groups is 2. The summed E-state index contributed by atoms with van der Waals surface area (Å²) in [6.45, 7) is 2.40. The topological polar surface area (TPSA) is 151 Å². The molecule has 4 N–H and O–H groups in total. The molecule has 6 rings (SSSR count). The Balaban J connectivity index is 1.45. The molecular weight excluding hydrogens is 496 g/mol. The lowest BCUT2D eigenvalue weighted by Gasteiger charge is -2.23. The molecule has 4 aromatic rings. The number of fused-ring (bicyclic) bond motifs is 2. The second kappa shape index (κ2) is 8.72. The van der Waals surface area contributed by atoms with Crippen LogP contribution in [0, 0.1) is 18.3 Å². The van der Waals surface area contributed by atoms with E-state index in [0.29, 0.717) is 46.4 Å². The number of amides is 1. The standard InChI is InChI=1S/C25H25ClN8O3/c1-12-3-4-29-15(5-12)10-30-22-17-23(33-21(32-22)13-6-14(26)9-28-8-13)34(11-31-17)18-16-7-25(16,24(37)27-2)20(36)19(18)35/h3-6,8-9,11,16,18-20,35-36H,7,10H2,1-2H3,(H,27,37)(H,30,32,33)/t16-,18?,19+,20+,25+/m1/s1. The summed E-state index contributed by atoms with van der Waals surface area (Å²) < 4.78 is 1.74. The zero-order valence-corrected chi connectivity index (χ0v) is 20.9. The molecule has 1 amide bonds. The molecule has 1 unspecified atom stereocenters. The van der Waals surface area contributed by atoms with Crippen molar-refractivity contribution in [3.8, 4) is 11.4 Å². The highest BCUT2D eigenvalue weighted by Crippen LogP contribution is 2.67. The van der Waals surface area contributed by atoms with Crippen LogP contribution in [0.4, 0.5) is 5.82 Å². The van der Waals surface area contributed by atoms with Crippen molar-refractivity contribution in [2.24, 2.45) is 11.3 Å². The van der Waals surface area contributed by atoms with Crippen LogP contribution < -0.4 is 10.6 Å². The number of nitrogens with one attached hydrogen (secondary N) is 2. The Kier molecular flexibility index (Phi) is 5.59. The Hall–Kier alpha value is -3.67. The smallest absolute Gasteiger partial charge is 0.229 e. The van der Waals surface area contributed by atoms with Crippen molar-refractivity contribution < 1.29 is 15.0 Å². The maximum Gasteiger partial charge on any atom is 0.229 e. The van der Waals surface area contributed by atoms with Crippen LogP contribution in [-0.4, -0.2) is 64.9 Å². The highest BCUT2D eigenvalue weighted by Gasteiger charge is 2.75. The predicted molar refractivity (Wildman–Crippen MR) is 136 cm³/mol. The first kappa shape index (κ1) is 23.7. The molecule has 2 saturated carbocycles. The Morgan fingerprint density at radius 2 is 2.08 bits per heavy atom. The lowest BCUT2D eigenvalue weighted by molar-refractivity contribution is -0.132. The quantitative estimate of drug-likeness (QED) is 0.298. The summed E-state index contributed by atoms with van der Waals surface area (Å²) in [7, 11) is 1.53. The molecule has 0 aromatic carbocycles. The summed E-state index contributed by atoms with van der Waals surface area (Å²) in [5, 5.41) is 28.2. The van der Waals surface area contributed by atoms with Gasteiger partial charge in [-0.2, -0.15) is 0 Å². The van der Waals surface area contributed by atoms with Crippen molar-refractivity contribution in [2.45, 2.75) is 38.1 Å². The molecule has 4 heterocycles. The summed E-state index contributed by atoms with van der Waals surface area (Å²) in [4.78, 5) is 35.2. The Morgan fingerprint density at radius 3 is 2.84 bits per heavy atom. The number of aromatic nitrogens is 6. The second-order valence-corrected chi connectivity index (χ2v) is 10.1. The lowest BCUT2D eigenvalue weighted by atomic mass is 9.98. The van der Waals surface area contributed by atoms with E-state index in [2.05, 4.69) is 25.6 Å². The van der Waals surface area contributed by atoms with Gasteiger partial charge in [-0.1, -0.05) is 11.6 Å². The molecule has 2 fully saturated rings. The van der Waals surface area contributed by atoms with Gasteiger partial charge in [-0.3, -0.25) is 14.8 Å². The molecule has 4 aromatic heterocycles. The summed E-state index contributed by atoms with van der Waals surface area (Å²) in [6.07, 6.45) is 4.59. The zero-order valence-electron chi connectivity index (χ0n) is 20.1. The summed E-state index contributed by atoms with van der Waals surface area (Å²) in [5.41, 5.74) is 2.47. The van der Waals surface area contributed by atoms with E-state index in [9.17, 15) is 15.0 Å². The summed E-state index contributed by atoms with van der Waals surface area (Å²) >= 11 is 6.18. The Labute approximate surface area is 217 Å². The number of imidazole rings is 1. The third-order valence-corrected chi connectivity index (χ3v) is 7.64. The predicted octanol–water partition coefficient (Wildman–Crippen LogP) is 1.89. The average molecular weight is 521 g/mol. The number of rotatable bonds is 6. The average Bonchev–Trinajstić information content (AvgIpc) is 3.43. The van der Waals surface area contributed by atoms with Crippen LogP contribution in [0.5, 0.6) is 0 Å². The van der Waals surface area contributed by atoms with Crippen molar-refractivity contribution in [2.75, 3.05) is 12.4 Å². The number of pyridine rings is 2. The second-order valence-electron chi connectivity index (χ2n) is 9.65. The lowest BCUT2D eigenvalue weighted by Crippen LogP contribution is -2.41. The van der Waals surface area contributed by atoms with E-state index in [4.69, 9.17) is 21.6 Å². The molecule has 0 spiro atoms. The molecular formula is C25H25ClN8O3. The molecule has 37 heavy (non-hydrogen) atoms. The number of aliphatic hydroxyl groups excluding tert-OH is 2. The number of halogens is 1. The number of nitrogens with zero attached hydrogens (tertiary/aromatic N) is 6. The van der Waals surface area contributed by atoms with Crippen molar-refractivity contribution in [1.82, 2.24) is 34.8 Å². The fraction of sp³-hybridized carbons (Fsp3) is 0.360.